The summed E-state index contributed by atoms with van der Waals surface area (Å²) in [5, 5.41) is 12.4. The molecule has 1 amide bonds. The normalized spacial score (nSPS) is 19.0. The SMILES string of the molecule is O=C(Nc1cccc(C2OC(CSc3nc4ccccc4s3)CC(c3ccc(CO)cc3)O2)c1)c1cccnc1. The number of thiazole rings is 1. The van der Waals surface area contributed by atoms with Crippen molar-refractivity contribution in [2.24, 2.45) is 0 Å². The Morgan fingerprint density at radius 3 is 2.67 bits per heavy atom. The van der Waals surface area contributed by atoms with E-state index in [1.807, 2.05) is 66.7 Å². The van der Waals surface area contributed by atoms with Crippen molar-refractivity contribution >= 4 is 44.9 Å². The van der Waals surface area contributed by atoms with Crippen molar-refractivity contribution in [1.29, 1.82) is 0 Å². The van der Waals surface area contributed by atoms with Crippen LogP contribution < -0.4 is 5.32 Å². The third kappa shape index (κ3) is 6.24. The van der Waals surface area contributed by atoms with Crippen LogP contribution in [0.5, 0.6) is 0 Å². The van der Waals surface area contributed by atoms with Crippen LogP contribution in [-0.4, -0.2) is 32.8 Å². The van der Waals surface area contributed by atoms with Gasteiger partial charge in [-0.05, 0) is 47.5 Å². The predicted molar refractivity (Wildman–Crippen MR) is 157 cm³/mol. The number of anilines is 1. The van der Waals surface area contributed by atoms with E-state index in [4.69, 9.17) is 14.5 Å². The van der Waals surface area contributed by atoms with Crippen molar-refractivity contribution in [2.75, 3.05) is 11.1 Å². The maximum absolute atomic E-state index is 12.7. The smallest absolute Gasteiger partial charge is 0.257 e. The van der Waals surface area contributed by atoms with Gasteiger partial charge in [0.1, 0.15) is 0 Å². The van der Waals surface area contributed by atoms with E-state index in [-0.39, 0.29) is 24.7 Å². The van der Waals surface area contributed by atoms with Crippen LogP contribution in [0.25, 0.3) is 10.2 Å². The van der Waals surface area contributed by atoms with E-state index < -0.39 is 6.29 Å². The van der Waals surface area contributed by atoms with Crippen LogP contribution in [0.2, 0.25) is 0 Å². The van der Waals surface area contributed by atoms with Gasteiger partial charge in [-0.2, -0.15) is 0 Å². The number of pyridine rings is 1. The minimum atomic E-state index is -0.618. The largest absolute Gasteiger partial charge is 0.392 e. The molecular formula is C31H27N3O4S2. The number of hydrogen-bond donors (Lipinski definition) is 2. The van der Waals surface area contributed by atoms with E-state index in [0.29, 0.717) is 17.7 Å². The Hall–Kier alpha value is -3.60. The summed E-state index contributed by atoms with van der Waals surface area (Å²) in [5.41, 5.74) is 4.84. The number of rotatable bonds is 8. The molecule has 0 saturated carbocycles. The highest BCUT2D eigenvalue weighted by Crippen LogP contribution is 2.40. The molecule has 3 heterocycles. The number of carbonyl (C=O) groups is 1. The number of amides is 1. The Bertz CT molecular complexity index is 1560. The van der Waals surface area contributed by atoms with Crippen LogP contribution in [0.15, 0.2) is 102 Å². The lowest BCUT2D eigenvalue weighted by molar-refractivity contribution is -0.245. The first-order chi connectivity index (χ1) is 19.6. The number of thioether (sulfide) groups is 1. The Labute approximate surface area is 240 Å². The van der Waals surface area contributed by atoms with Crippen molar-refractivity contribution in [3.8, 4) is 0 Å². The molecule has 9 heteroatoms. The van der Waals surface area contributed by atoms with Gasteiger partial charge in [-0.3, -0.25) is 9.78 Å². The van der Waals surface area contributed by atoms with Gasteiger partial charge < -0.3 is 19.9 Å². The number of hydrogen-bond acceptors (Lipinski definition) is 8. The lowest BCUT2D eigenvalue weighted by atomic mass is 10.0. The maximum atomic E-state index is 12.7. The second-order valence-corrected chi connectivity index (χ2v) is 11.7. The second-order valence-electron chi connectivity index (χ2n) is 9.43. The molecule has 0 aliphatic carbocycles. The fourth-order valence-electron chi connectivity index (χ4n) is 4.56. The van der Waals surface area contributed by atoms with Crippen LogP contribution in [0.1, 0.15) is 45.9 Å². The molecule has 202 valence electrons. The van der Waals surface area contributed by atoms with Gasteiger partial charge in [0.15, 0.2) is 10.6 Å². The van der Waals surface area contributed by atoms with E-state index in [1.54, 1.807) is 41.4 Å². The lowest BCUT2D eigenvalue weighted by Gasteiger charge is -2.36. The summed E-state index contributed by atoms with van der Waals surface area (Å²) in [6.07, 6.45) is 2.95. The molecular weight excluding hydrogens is 542 g/mol. The molecule has 1 aliphatic heterocycles. The molecule has 0 spiro atoms. The minimum Gasteiger partial charge on any atom is -0.392 e. The van der Waals surface area contributed by atoms with Crippen molar-refractivity contribution in [1.82, 2.24) is 9.97 Å². The zero-order valence-electron chi connectivity index (χ0n) is 21.5. The van der Waals surface area contributed by atoms with Crippen LogP contribution >= 0.6 is 23.1 Å². The molecule has 1 saturated heterocycles. The van der Waals surface area contributed by atoms with E-state index in [1.165, 1.54) is 10.9 Å². The molecule has 5 aromatic rings. The highest BCUT2D eigenvalue weighted by molar-refractivity contribution is 8.01. The molecule has 3 atom stereocenters. The molecule has 6 rings (SSSR count). The van der Waals surface area contributed by atoms with Crippen LogP contribution in [0.3, 0.4) is 0 Å². The fourth-order valence-corrected chi connectivity index (χ4v) is 6.68. The predicted octanol–water partition coefficient (Wildman–Crippen LogP) is 6.77. The van der Waals surface area contributed by atoms with Gasteiger partial charge in [0.2, 0.25) is 0 Å². The van der Waals surface area contributed by atoms with Gasteiger partial charge in [-0.25, -0.2) is 4.98 Å². The zero-order valence-corrected chi connectivity index (χ0v) is 23.1. The topological polar surface area (TPSA) is 93.6 Å². The molecule has 0 bridgehead atoms. The van der Waals surface area contributed by atoms with Crippen LogP contribution in [0, 0.1) is 0 Å². The maximum Gasteiger partial charge on any atom is 0.257 e. The molecule has 2 N–H and O–H groups in total. The standard InChI is InChI=1S/C31H27N3O4S2/c35-18-20-10-12-21(13-11-20)27-16-25(19-39-31-34-26-8-1-2-9-28(26)40-31)37-30(38-27)22-5-3-7-24(15-22)33-29(36)23-6-4-14-32-17-23/h1-15,17,25,27,30,35H,16,18-19H2,(H,33,36). The Kier molecular flexibility index (Phi) is 8.17. The summed E-state index contributed by atoms with van der Waals surface area (Å²) < 4.78 is 15.1. The summed E-state index contributed by atoms with van der Waals surface area (Å²) in [6, 6.07) is 27.0. The third-order valence-electron chi connectivity index (χ3n) is 6.62. The number of nitrogens with one attached hydrogen (secondary N) is 1. The molecule has 1 fully saturated rings. The number of aliphatic hydroxyl groups excluding tert-OH is 1. The van der Waals surface area contributed by atoms with Gasteiger partial charge in [0.05, 0.1) is 34.6 Å². The number of benzene rings is 3. The monoisotopic (exact) mass is 569 g/mol. The number of ether oxygens (including phenoxy) is 2. The van der Waals surface area contributed by atoms with Crippen LogP contribution in [-0.2, 0) is 16.1 Å². The number of para-hydroxylation sites is 1. The number of aliphatic hydroxyl groups is 1. The molecule has 0 radical (unpaired) electrons. The van der Waals surface area contributed by atoms with Gasteiger partial charge in [0.25, 0.3) is 5.91 Å². The fraction of sp³-hybridized carbons (Fsp3) is 0.194. The first-order valence-corrected chi connectivity index (χ1v) is 14.7. The Balaban J connectivity index is 1.21. The third-order valence-corrected chi connectivity index (χ3v) is 8.93. The summed E-state index contributed by atoms with van der Waals surface area (Å²) in [6.45, 7) is -0.00344. The molecule has 3 unspecified atom stereocenters. The van der Waals surface area contributed by atoms with Crippen LogP contribution in [0.4, 0.5) is 5.69 Å². The van der Waals surface area contributed by atoms with Crippen molar-refractivity contribution in [3.05, 3.63) is 120 Å². The average Bonchev–Trinajstić information content (AvgIpc) is 3.44. The van der Waals surface area contributed by atoms with Gasteiger partial charge in [0, 0.05) is 35.8 Å². The van der Waals surface area contributed by atoms with Gasteiger partial charge >= 0.3 is 0 Å². The molecule has 2 aromatic heterocycles. The molecule has 40 heavy (non-hydrogen) atoms. The Morgan fingerprint density at radius 1 is 1.00 bits per heavy atom. The summed E-state index contributed by atoms with van der Waals surface area (Å²) in [4.78, 5) is 21.5. The van der Waals surface area contributed by atoms with Crippen molar-refractivity contribution in [3.63, 3.8) is 0 Å². The second kappa shape index (κ2) is 12.3. The minimum absolute atomic E-state index is 0.00344. The zero-order chi connectivity index (χ0) is 27.3. The van der Waals surface area contributed by atoms with E-state index >= 15 is 0 Å². The quantitative estimate of drug-likeness (QED) is 0.199. The Morgan fingerprint density at radius 2 is 1.88 bits per heavy atom. The van der Waals surface area contributed by atoms with Crippen molar-refractivity contribution in [2.45, 2.75) is 35.9 Å². The van der Waals surface area contributed by atoms with Gasteiger partial charge in [-0.1, -0.05) is 60.3 Å². The summed E-state index contributed by atoms with van der Waals surface area (Å²) in [5.74, 6) is 0.491. The highest BCUT2D eigenvalue weighted by Gasteiger charge is 2.32. The molecule has 7 nitrogen and oxygen atoms in total. The number of aromatic nitrogens is 2. The average molecular weight is 570 g/mol. The van der Waals surface area contributed by atoms with E-state index in [9.17, 15) is 9.90 Å². The van der Waals surface area contributed by atoms with E-state index in [0.717, 1.165) is 32.3 Å². The highest BCUT2D eigenvalue weighted by atomic mass is 32.2. The first-order valence-electron chi connectivity index (χ1n) is 12.9. The number of carbonyl (C=O) groups excluding carboxylic acids is 1. The molecule has 1 aliphatic rings. The lowest BCUT2D eigenvalue weighted by Crippen LogP contribution is -2.31. The van der Waals surface area contributed by atoms with Crippen molar-refractivity contribution < 1.29 is 19.4 Å². The number of nitrogens with zero attached hydrogens (tertiary/aromatic N) is 2. The summed E-state index contributed by atoms with van der Waals surface area (Å²) in [7, 11) is 0. The molecule has 3 aromatic carbocycles. The van der Waals surface area contributed by atoms with Gasteiger partial charge in [-0.15, -0.1) is 11.3 Å². The number of fused-ring (bicyclic) bond motifs is 1. The first kappa shape index (κ1) is 26.6. The summed E-state index contributed by atoms with van der Waals surface area (Å²) >= 11 is 3.38. The van der Waals surface area contributed by atoms with E-state index in [2.05, 4.69) is 16.4 Å².